The molecule has 85 heavy (non-hydrogen) atoms. The van der Waals surface area contributed by atoms with Gasteiger partial charge in [-0.05, 0) is 18.1 Å². The van der Waals surface area contributed by atoms with Crippen LogP contribution < -0.4 is 43.4 Å². The monoisotopic (exact) mass is 1290 g/mol. The lowest BCUT2D eigenvalue weighted by Crippen LogP contribution is -2.71. The molecule has 0 aromatic carbocycles. The highest BCUT2D eigenvalue weighted by Crippen LogP contribution is 2.20. The van der Waals surface area contributed by atoms with Crippen LogP contribution in [0.4, 0.5) is 0 Å². The topological polar surface area (TPSA) is 944 Å². The molecular formula is C22H30N24O37P2. The highest BCUT2D eigenvalue weighted by molar-refractivity contribution is 7.02. The summed E-state index contributed by atoms with van der Waals surface area (Å²) < 4.78 is 11.5. The summed E-state index contributed by atoms with van der Waals surface area (Å²) in [7, 11) is 4.95. The Kier molecular flexibility index (Phi) is 35.0. The van der Waals surface area contributed by atoms with Crippen LogP contribution in [0.25, 0.3) is 0 Å². The molecule has 4 aliphatic rings. The lowest BCUT2D eigenvalue weighted by atomic mass is 10.1. The fraction of sp³-hybridized carbons (Fsp3) is 0.318. The molecule has 61 nitrogen and oxygen atoms in total. The van der Waals surface area contributed by atoms with Crippen LogP contribution in [0.5, 0.6) is 0 Å². The first-order valence-corrected chi connectivity index (χ1v) is 19.2. The van der Waals surface area contributed by atoms with Gasteiger partial charge < -0.3 is 16.9 Å². The molecule has 4 rings (SSSR count). The Balaban J connectivity index is -0.000000150. The molecule has 3 saturated heterocycles. The second kappa shape index (κ2) is 38.1. The number of hydrogen-bond donors (Lipinski definition) is 10. The van der Waals surface area contributed by atoms with Gasteiger partial charge in [-0.3, -0.25) is 213 Å². The van der Waals surface area contributed by atoms with Crippen LogP contribution >= 0.6 is 18.1 Å². The molecule has 0 bridgehead atoms. The van der Waals surface area contributed by atoms with Gasteiger partial charge in [0.25, 0.3) is 23.3 Å². The number of nitro groups is 14. The molecule has 3 aliphatic heterocycles. The van der Waals surface area contributed by atoms with Gasteiger partial charge in [-0.1, -0.05) is 19.3 Å². The van der Waals surface area contributed by atoms with E-state index in [-0.39, 0.29) is 14.5 Å². The SMILES string of the molecule is C1CC1.NC(N)=C([N+](=O)[O-])[N+](=O)[O-].O.O=C1CC(=O)NC(=C([N+](=O)[O-])[N+](=O)[O-])N1.O=C1NC(=C([N+](=O)[O-])[N+](=O)[O-])NC(=O)C1([N+](=O)[O-])[N+](=O)[O-].O=C1NC(=C([N+](=O)[O-])[N+](=O)[O-])NC(=O)C1([N+](=O)[O-])[N+](=O)[O-].O=C=O.O=[N+]([O-])C[N+](=O)[O-].[2HH].[2HH].[2H]N=P.[2H]N=P. The highest BCUT2D eigenvalue weighted by atomic mass is 31.0. The molecule has 6 amide bonds. The van der Waals surface area contributed by atoms with Crippen LogP contribution in [-0.2, 0) is 38.4 Å². The van der Waals surface area contributed by atoms with Crippen molar-refractivity contribution in [2.24, 2.45) is 11.5 Å². The maximum atomic E-state index is 11.4. The van der Waals surface area contributed by atoms with Gasteiger partial charge in [0.1, 0.15) is 65.5 Å². The molecule has 1 saturated carbocycles. The second-order valence-corrected chi connectivity index (χ2v) is 12.3. The number of nitrogens with two attached hydrogens (primary N) is 2. The Bertz CT molecular complexity index is 2780. The van der Waals surface area contributed by atoms with E-state index in [2.05, 4.69) is 39.8 Å². The standard InChI is InChI=1S/2C5H2N6O10.C5H4N4O6.C3H6.C2H4N4O4.CH2N2O4.CO2.2H2NP.H2O.2H2/c2*12-3-5(10(18)19,11(20)21)4(13)7-1(6-3)2(8(14)15)9(16)17;10-2-1-3(11)7-4(6-2)5(8(12)13)9(14)15;1-2-3-1;3-1(4)2(5(7)8)6(9)10;4-2(5)1-3(6)7;2-1-3;2*1-2;;;/h2*(H,6,12)(H,7,13);1H2,(H,6,10)(H,7,11);1-3H2;3-4H2;1H2;;2*1-2H;1H2;2*1H/i;;;;;;;;;;2*1+1/hD2. The molecule has 14 N–H and O–H groups in total. The molecule has 470 valence electrons. The first-order valence-electron chi connectivity index (χ1n) is 19.2. The van der Waals surface area contributed by atoms with Gasteiger partial charge in [-0.25, -0.2) is 0 Å². The lowest BCUT2D eigenvalue weighted by Gasteiger charge is -2.20. The predicted molar refractivity (Wildman–Crippen MR) is 247 cm³/mol. The third-order valence-electron chi connectivity index (χ3n) is 7.02. The fourth-order valence-electron chi connectivity index (χ4n) is 3.87. The number of rotatable bonds is 14. The minimum absolute atomic E-state index is 0. The quantitative estimate of drug-likeness (QED) is 0.0254. The highest BCUT2D eigenvalue weighted by Gasteiger charge is 2.76. The molecule has 1 aliphatic carbocycles. The molecule has 0 radical (unpaired) electrons. The first kappa shape index (κ1) is 78.0. The van der Waals surface area contributed by atoms with Crippen molar-refractivity contribution >= 4 is 59.7 Å². The maximum absolute atomic E-state index is 11.4. The molecular weight excluding hydrogens is 1250 g/mol. The average Bonchev–Trinajstić information content (AvgIpc) is 4.19. The van der Waals surface area contributed by atoms with E-state index < -0.39 is 175 Å². The van der Waals surface area contributed by atoms with E-state index in [1.807, 2.05) is 10.6 Å². The van der Waals surface area contributed by atoms with Crippen LogP contribution in [0.3, 0.4) is 0 Å². The van der Waals surface area contributed by atoms with E-state index in [4.69, 9.17) is 12.4 Å². The predicted octanol–water partition coefficient (Wildman–Crippen LogP) is -7.25. The van der Waals surface area contributed by atoms with E-state index in [1.165, 1.54) is 40.5 Å². The minimum atomic E-state index is -4.00. The van der Waals surface area contributed by atoms with Gasteiger partial charge in [-0.15, -0.1) is 0 Å². The van der Waals surface area contributed by atoms with E-state index in [0.29, 0.717) is 0 Å². The zero-order valence-electron chi connectivity index (χ0n) is 41.5. The number of nitrogens with one attached hydrogen (secondary N) is 8. The van der Waals surface area contributed by atoms with E-state index >= 15 is 0 Å². The van der Waals surface area contributed by atoms with Gasteiger partial charge in [-0.2, -0.15) is 9.59 Å². The molecule has 0 unspecified atom stereocenters. The molecule has 63 heteroatoms. The minimum Gasteiger partial charge on any atom is -0.412 e. The van der Waals surface area contributed by atoms with Crippen molar-refractivity contribution in [3.8, 4) is 0 Å². The van der Waals surface area contributed by atoms with Crippen LogP contribution in [0.15, 0.2) is 46.6 Å². The molecule has 0 atom stereocenters. The summed E-state index contributed by atoms with van der Waals surface area (Å²) in [5.41, 5.74) is 1.23. The molecule has 0 aromatic heterocycles. The van der Waals surface area contributed by atoms with Crippen molar-refractivity contribution in [1.29, 1.82) is 10.3 Å². The second-order valence-electron chi connectivity index (χ2n) is 12.3. The normalized spacial score (nSPS) is 13.8. The van der Waals surface area contributed by atoms with Crippen LogP contribution in [0.1, 0.15) is 28.5 Å². The van der Waals surface area contributed by atoms with E-state index in [9.17, 15) is 170 Å². The van der Waals surface area contributed by atoms with Crippen molar-refractivity contribution in [3.63, 3.8) is 0 Å². The average molecular weight is 1290 g/mol. The summed E-state index contributed by atoms with van der Waals surface area (Å²) in [4.78, 5) is 205. The van der Waals surface area contributed by atoms with Gasteiger partial charge in [0.2, 0.25) is 11.8 Å². The first-order chi connectivity index (χ1) is 39.4. The Morgan fingerprint density at radius 2 is 0.647 bits per heavy atom. The number of carbonyl (C=O) groups is 6. The Labute approximate surface area is 464 Å². The number of nitrogens with zero attached hydrogens (tertiary/aromatic N) is 14. The summed E-state index contributed by atoms with van der Waals surface area (Å²) in [6.07, 6.45) is 4.23. The Hall–Kier alpha value is -13.5. The van der Waals surface area contributed by atoms with Crippen LogP contribution in [0, 0.1) is 152 Å². The third-order valence-corrected chi connectivity index (χ3v) is 7.02. The van der Waals surface area contributed by atoms with E-state index in [1.54, 1.807) is 0 Å². The Morgan fingerprint density at radius 1 is 0.459 bits per heavy atom. The Morgan fingerprint density at radius 3 is 0.753 bits per heavy atom. The van der Waals surface area contributed by atoms with Crippen LogP contribution in [-0.4, -0.2) is 134 Å². The third kappa shape index (κ3) is 24.8. The van der Waals surface area contributed by atoms with Crippen molar-refractivity contribution in [1.82, 2.24) is 31.9 Å². The molecule has 3 heterocycles. The van der Waals surface area contributed by atoms with Gasteiger partial charge in [0.05, 0.1) is 9.85 Å². The number of hydrogen-bond acceptors (Lipinski definition) is 40. The number of carbonyl (C=O) groups excluding carboxylic acids is 8. The van der Waals surface area contributed by atoms with E-state index in [0.717, 1.165) is 0 Å². The van der Waals surface area contributed by atoms with Crippen molar-refractivity contribution in [3.05, 3.63) is 188 Å². The zero-order valence-corrected chi connectivity index (χ0v) is 41.5. The zero-order chi connectivity index (χ0) is 69.1. The maximum Gasteiger partial charge on any atom is 0.613 e. The molecule has 0 spiro atoms. The number of amides is 6. The summed E-state index contributed by atoms with van der Waals surface area (Å²) in [6, 6.07) is 0. The van der Waals surface area contributed by atoms with Gasteiger partial charge in [0, 0.05) is 2.85 Å². The van der Waals surface area contributed by atoms with Crippen molar-refractivity contribution in [2.75, 3.05) is 6.67 Å². The fourth-order valence-corrected chi connectivity index (χ4v) is 3.87. The lowest BCUT2D eigenvalue weighted by molar-refractivity contribution is -0.756. The van der Waals surface area contributed by atoms with Crippen LogP contribution in [0.2, 0.25) is 2.82 Å². The summed E-state index contributed by atoms with van der Waals surface area (Å²) >= 11 is 0. The smallest absolute Gasteiger partial charge is 0.412 e. The summed E-state index contributed by atoms with van der Waals surface area (Å²) in [5, 5.41) is 156. The van der Waals surface area contributed by atoms with Gasteiger partial charge >= 0.3 is 71.1 Å². The summed E-state index contributed by atoms with van der Waals surface area (Å²) in [5.74, 6) is -21.7. The van der Waals surface area contributed by atoms with Crippen molar-refractivity contribution in [2.45, 2.75) is 37.0 Å². The largest absolute Gasteiger partial charge is 0.613 e. The van der Waals surface area contributed by atoms with Gasteiger partial charge in [0.15, 0.2) is 2.82 Å². The summed E-state index contributed by atoms with van der Waals surface area (Å²) in [6.45, 7) is -1.19. The molecule has 4 fully saturated rings. The molecule has 0 aromatic rings. The van der Waals surface area contributed by atoms with Crippen molar-refractivity contribution < 1.29 is 118 Å².